The molecule has 0 aliphatic carbocycles. The van der Waals surface area contributed by atoms with Crippen LogP contribution < -0.4 is 20.3 Å². The van der Waals surface area contributed by atoms with Gasteiger partial charge in [0.05, 0.1) is 31.7 Å². The van der Waals surface area contributed by atoms with Crippen LogP contribution in [-0.4, -0.2) is 43.4 Å². The number of hydrogen-bond acceptors (Lipinski definition) is 6. The summed E-state index contributed by atoms with van der Waals surface area (Å²) < 4.78 is 10.4. The van der Waals surface area contributed by atoms with Crippen LogP contribution in [0.5, 0.6) is 11.5 Å². The first-order chi connectivity index (χ1) is 19.0. The van der Waals surface area contributed by atoms with Gasteiger partial charge in [-0.2, -0.15) is 10.2 Å². The van der Waals surface area contributed by atoms with Crippen LogP contribution in [0.25, 0.3) is 10.9 Å². The normalized spacial score (nSPS) is 11.3. The molecule has 0 atom stereocenters. The maximum atomic E-state index is 12.6. The van der Waals surface area contributed by atoms with Crippen LogP contribution in [0.2, 0.25) is 5.02 Å². The highest BCUT2D eigenvalue weighted by Gasteiger charge is 2.13. The third kappa shape index (κ3) is 7.45. The Kier molecular flexibility index (Phi) is 9.31. The first kappa shape index (κ1) is 27.4. The van der Waals surface area contributed by atoms with Crippen LogP contribution in [-0.2, 0) is 11.2 Å². The number of methoxy groups -OCH3 is 2. The Labute approximate surface area is 230 Å². The molecule has 4 aromatic rings. The van der Waals surface area contributed by atoms with E-state index in [4.69, 9.17) is 21.1 Å². The number of nitrogens with one attached hydrogen (secondary N) is 3. The van der Waals surface area contributed by atoms with Crippen LogP contribution >= 0.6 is 11.6 Å². The Morgan fingerprint density at radius 2 is 1.54 bits per heavy atom. The van der Waals surface area contributed by atoms with Crippen molar-refractivity contribution in [2.75, 3.05) is 14.2 Å². The molecule has 0 saturated heterocycles. The molecule has 9 nitrogen and oxygen atoms in total. The summed E-state index contributed by atoms with van der Waals surface area (Å²) in [6, 6.07) is 19.9. The van der Waals surface area contributed by atoms with E-state index in [-0.39, 0.29) is 18.2 Å². The van der Waals surface area contributed by atoms with Crippen molar-refractivity contribution in [2.45, 2.75) is 19.3 Å². The van der Waals surface area contributed by atoms with Gasteiger partial charge in [0.15, 0.2) is 0 Å². The van der Waals surface area contributed by atoms with Crippen LogP contribution in [0.3, 0.4) is 0 Å². The lowest BCUT2D eigenvalue weighted by atomic mass is 10.1. The highest BCUT2D eigenvalue weighted by atomic mass is 35.5. The predicted octanol–water partition coefficient (Wildman–Crippen LogP) is 5.08. The van der Waals surface area contributed by atoms with Gasteiger partial charge in [-0.05, 0) is 66.4 Å². The Balaban J connectivity index is 1.30. The number of rotatable bonds is 11. The number of hydrazone groups is 2. The topological polar surface area (TPSA) is 117 Å². The Morgan fingerprint density at radius 1 is 0.897 bits per heavy atom. The van der Waals surface area contributed by atoms with Gasteiger partial charge in [-0.3, -0.25) is 9.59 Å². The summed E-state index contributed by atoms with van der Waals surface area (Å²) >= 11 is 6.60. The van der Waals surface area contributed by atoms with E-state index >= 15 is 0 Å². The number of halogens is 1. The van der Waals surface area contributed by atoms with Crippen LogP contribution in [0.1, 0.15) is 40.0 Å². The molecule has 10 heteroatoms. The first-order valence-corrected chi connectivity index (χ1v) is 12.6. The molecule has 0 aliphatic heterocycles. The fourth-order valence-electron chi connectivity index (χ4n) is 3.86. The zero-order chi connectivity index (χ0) is 27.6. The Bertz CT molecular complexity index is 1530. The van der Waals surface area contributed by atoms with Gasteiger partial charge in [0.2, 0.25) is 5.91 Å². The Hall–Kier alpha value is -4.63. The zero-order valence-corrected chi connectivity index (χ0v) is 22.3. The molecule has 0 unspecified atom stereocenters. The van der Waals surface area contributed by atoms with Crippen molar-refractivity contribution < 1.29 is 19.1 Å². The molecule has 0 saturated carbocycles. The van der Waals surface area contributed by atoms with E-state index in [1.165, 1.54) is 0 Å². The molecule has 0 aliphatic rings. The summed E-state index contributed by atoms with van der Waals surface area (Å²) in [6.45, 7) is 0. The summed E-state index contributed by atoms with van der Waals surface area (Å²) in [5.41, 5.74) is 8.70. The lowest BCUT2D eigenvalue weighted by Crippen LogP contribution is -2.17. The second-order valence-corrected chi connectivity index (χ2v) is 8.95. The highest BCUT2D eigenvalue weighted by Crippen LogP contribution is 2.29. The molecule has 3 aromatic carbocycles. The SMILES string of the molecule is COc1cccc(C=NNC(=O)CCCc2[nH]c3ccc(C(=O)NN=Cc4cccc(OC)c4)cc3c2Cl)c1. The number of hydrogen-bond donors (Lipinski definition) is 3. The molecule has 0 fully saturated rings. The fourth-order valence-corrected chi connectivity index (χ4v) is 4.16. The van der Waals surface area contributed by atoms with Crippen molar-refractivity contribution in [2.24, 2.45) is 10.2 Å². The minimum Gasteiger partial charge on any atom is -0.497 e. The third-order valence-corrected chi connectivity index (χ3v) is 6.30. The van der Waals surface area contributed by atoms with Gasteiger partial charge in [0, 0.05) is 28.6 Å². The number of aromatic nitrogens is 1. The molecule has 2 amide bonds. The molecule has 3 N–H and O–H groups in total. The van der Waals surface area contributed by atoms with Crippen molar-refractivity contribution >= 4 is 46.7 Å². The van der Waals surface area contributed by atoms with E-state index in [1.807, 2.05) is 48.5 Å². The number of ether oxygens (including phenoxy) is 2. The van der Waals surface area contributed by atoms with Gasteiger partial charge < -0.3 is 14.5 Å². The van der Waals surface area contributed by atoms with Crippen molar-refractivity contribution in [3.05, 3.63) is 94.1 Å². The van der Waals surface area contributed by atoms with E-state index in [2.05, 4.69) is 26.0 Å². The summed E-state index contributed by atoms with van der Waals surface area (Å²) in [7, 11) is 3.18. The molecule has 0 radical (unpaired) electrons. The maximum Gasteiger partial charge on any atom is 0.271 e. The minimum atomic E-state index is -0.360. The molecule has 200 valence electrons. The fraction of sp³-hybridized carbons (Fsp3) is 0.172. The minimum absolute atomic E-state index is 0.199. The van der Waals surface area contributed by atoms with E-state index in [0.29, 0.717) is 34.9 Å². The molecule has 1 heterocycles. The lowest BCUT2D eigenvalue weighted by Gasteiger charge is -2.02. The first-order valence-electron chi connectivity index (χ1n) is 12.2. The number of aromatic amines is 1. The monoisotopic (exact) mass is 545 g/mol. The van der Waals surface area contributed by atoms with Crippen molar-refractivity contribution in [3.8, 4) is 11.5 Å². The van der Waals surface area contributed by atoms with Gasteiger partial charge in [0.25, 0.3) is 5.91 Å². The number of carbonyl (C=O) groups excluding carboxylic acids is 2. The van der Waals surface area contributed by atoms with Crippen LogP contribution in [0.15, 0.2) is 76.9 Å². The average molecular weight is 546 g/mol. The van der Waals surface area contributed by atoms with Crippen LogP contribution in [0, 0.1) is 0 Å². The molecule has 4 rings (SSSR count). The number of aryl methyl sites for hydroxylation is 1. The van der Waals surface area contributed by atoms with Gasteiger partial charge in [-0.25, -0.2) is 10.9 Å². The number of H-pyrrole nitrogens is 1. The molecular formula is C29H28ClN5O4. The largest absolute Gasteiger partial charge is 0.497 e. The maximum absolute atomic E-state index is 12.6. The molecule has 0 spiro atoms. The van der Waals surface area contributed by atoms with Gasteiger partial charge >= 0.3 is 0 Å². The quantitative estimate of drug-likeness (QED) is 0.180. The van der Waals surface area contributed by atoms with Crippen molar-refractivity contribution in [3.63, 3.8) is 0 Å². The number of benzene rings is 3. The smallest absolute Gasteiger partial charge is 0.271 e. The number of amides is 2. The lowest BCUT2D eigenvalue weighted by molar-refractivity contribution is -0.121. The van der Waals surface area contributed by atoms with Gasteiger partial charge in [-0.1, -0.05) is 35.9 Å². The summed E-state index contributed by atoms with van der Waals surface area (Å²) in [6.07, 6.45) is 4.51. The molecule has 1 aromatic heterocycles. The van der Waals surface area contributed by atoms with E-state index < -0.39 is 0 Å². The number of nitrogens with zero attached hydrogens (tertiary/aromatic N) is 2. The van der Waals surface area contributed by atoms with E-state index in [1.54, 1.807) is 44.8 Å². The van der Waals surface area contributed by atoms with Gasteiger partial charge in [0.1, 0.15) is 11.5 Å². The third-order valence-electron chi connectivity index (χ3n) is 5.87. The standard InChI is InChI=1S/C29H28ClN5O4/c1-38-22-8-3-6-19(14-22)17-31-34-27(36)11-5-10-26-28(30)24-16-21(12-13-25(24)33-26)29(37)35-32-18-20-7-4-9-23(15-20)39-2/h3-4,6-9,12-18,33H,5,10-11H2,1-2H3,(H,34,36)(H,35,37). The highest BCUT2D eigenvalue weighted by molar-refractivity contribution is 6.36. The summed E-state index contributed by atoms with van der Waals surface area (Å²) in [5, 5.41) is 9.28. The summed E-state index contributed by atoms with van der Waals surface area (Å²) in [5.74, 6) is 0.856. The molecule has 0 bridgehead atoms. The second-order valence-electron chi connectivity index (χ2n) is 8.58. The van der Waals surface area contributed by atoms with Crippen molar-refractivity contribution in [1.29, 1.82) is 0 Å². The van der Waals surface area contributed by atoms with E-state index in [9.17, 15) is 9.59 Å². The summed E-state index contributed by atoms with van der Waals surface area (Å²) in [4.78, 5) is 28.1. The second kappa shape index (κ2) is 13.3. The predicted molar refractivity (Wildman–Crippen MR) is 153 cm³/mol. The average Bonchev–Trinajstić information content (AvgIpc) is 3.27. The van der Waals surface area contributed by atoms with Crippen LogP contribution in [0.4, 0.5) is 0 Å². The molecule has 39 heavy (non-hydrogen) atoms. The number of fused-ring (bicyclic) bond motifs is 1. The molecular weight excluding hydrogens is 518 g/mol. The Morgan fingerprint density at radius 3 is 2.18 bits per heavy atom. The van der Waals surface area contributed by atoms with Gasteiger partial charge in [-0.15, -0.1) is 0 Å². The van der Waals surface area contributed by atoms with E-state index in [0.717, 1.165) is 27.7 Å². The zero-order valence-electron chi connectivity index (χ0n) is 21.5. The van der Waals surface area contributed by atoms with Crippen molar-refractivity contribution in [1.82, 2.24) is 15.8 Å². The number of carbonyl (C=O) groups is 2.